The predicted octanol–water partition coefficient (Wildman–Crippen LogP) is 3.99. The fraction of sp³-hybridized carbons (Fsp3) is 0.318. The average molecular weight is 409 g/mol. The van der Waals surface area contributed by atoms with Gasteiger partial charge in [-0.05, 0) is 49.7 Å². The maximum Gasteiger partial charge on any atom is 0.238 e. The molecule has 2 heterocycles. The molecule has 0 aliphatic carbocycles. The van der Waals surface area contributed by atoms with Crippen molar-refractivity contribution in [3.63, 3.8) is 0 Å². The van der Waals surface area contributed by atoms with E-state index in [1.807, 2.05) is 62.5 Å². The molecule has 0 N–H and O–H groups in total. The second-order valence-electron chi connectivity index (χ2n) is 6.87. The minimum absolute atomic E-state index is 0.0463. The molecule has 6 nitrogen and oxygen atoms in total. The zero-order valence-electron chi connectivity index (χ0n) is 16.7. The molecule has 4 rings (SSSR count). The summed E-state index contributed by atoms with van der Waals surface area (Å²) in [7, 11) is 2.00. The Labute approximate surface area is 174 Å². The molecule has 29 heavy (non-hydrogen) atoms. The molecule has 0 saturated carbocycles. The third-order valence-corrected chi connectivity index (χ3v) is 5.82. The molecule has 1 aliphatic heterocycles. The summed E-state index contributed by atoms with van der Waals surface area (Å²) < 4.78 is 5.48. The third-order valence-electron chi connectivity index (χ3n) is 4.83. The number of aromatic nitrogens is 2. The van der Waals surface area contributed by atoms with E-state index >= 15 is 0 Å². The Balaban J connectivity index is 1.55. The van der Waals surface area contributed by atoms with E-state index in [2.05, 4.69) is 4.90 Å². The predicted molar refractivity (Wildman–Crippen MR) is 118 cm³/mol. The number of amides is 1. The number of fused-ring (bicyclic) bond motifs is 2. The van der Waals surface area contributed by atoms with Crippen LogP contribution in [0.3, 0.4) is 0 Å². The maximum atomic E-state index is 13.1. The fourth-order valence-corrected chi connectivity index (χ4v) is 4.14. The van der Waals surface area contributed by atoms with Crippen LogP contribution in [0.15, 0.2) is 53.4 Å². The van der Waals surface area contributed by atoms with Crippen LogP contribution in [0.4, 0.5) is 11.6 Å². The molecule has 1 aliphatic rings. The van der Waals surface area contributed by atoms with E-state index in [1.54, 1.807) is 4.90 Å². The molecular formula is C22H24N4O2S. The molecule has 1 amide bonds. The van der Waals surface area contributed by atoms with E-state index < -0.39 is 0 Å². The minimum Gasteiger partial charge on any atom is -0.494 e. The number of rotatable bonds is 5. The van der Waals surface area contributed by atoms with Gasteiger partial charge in [0.05, 0.1) is 23.4 Å². The van der Waals surface area contributed by atoms with Gasteiger partial charge in [0, 0.05) is 25.0 Å². The van der Waals surface area contributed by atoms with Gasteiger partial charge in [0.2, 0.25) is 5.91 Å². The van der Waals surface area contributed by atoms with Gasteiger partial charge in [-0.1, -0.05) is 12.1 Å². The first-order valence-electron chi connectivity index (χ1n) is 9.79. The number of nitrogens with zero attached hydrogens (tertiary/aromatic N) is 4. The van der Waals surface area contributed by atoms with Gasteiger partial charge in [0.1, 0.15) is 5.75 Å². The van der Waals surface area contributed by atoms with E-state index in [9.17, 15) is 4.79 Å². The molecule has 0 unspecified atom stereocenters. The third kappa shape index (κ3) is 4.29. The summed E-state index contributed by atoms with van der Waals surface area (Å²) in [6.45, 7) is 4.09. The molecule has 0 bridgehead atoms. The Morgan fingerprint density at radius 1 is 1.03 bits per heavy atom. The largest absolute Gasteiger partial charge is 0.494 e. The Hall–Kier alpha value is -2.80. The molecule has 2 aromatic carbocycles. The number of benzene rings is 2. The summed E-state index contributed by atoms with van der Waals surface area (Å²) in [6.07, 6.45) is 0.879. The summed E-state index contributed by atoms with van der Waals surface area (Å²) in [4.78, 5) is 27.6. The van der Waals surface area contributed by atoms with E-state index in [0.717, 1.165) is 40.5 Å². The smallest absolute Gasteiger partial charge is 0.238 e. The van der Waals surface area contributed by atoms with Crippen molar-refractivity contribution in [1.82, 2.24) is 9.97 Å². The van der Waals surface area contributed by atoms with Gasteiger partial charge < -0.3 is 9.64 Å². The van der Waals surface area contributed by atoms with Crippen molar-refractivity contribution in [1.29, 1.82) is 0 Å². The average Bonchev–Trinajstić information content (AvgIpc) is 2.90. The standard InChI is InChI=1S/C22H24N4O2S/c1-3-28-16-9-11-17(12-10-16)29-15-20(27)26-14-6-13-25(2)21-22(26)24-19-8-5-4-7-18(19)23-21/h4-5,7-12H,3,6,13-15H2,1-2H3. The second kappa shape index (κ2) is 8.69. The highest BCUT2D eigenvalue weighted by Crippen LogP contribution is 2.31. The monoisotopic (exact) mass is 408 g/mol. The van der Waals surface area contributed by atoms with Crippen LogP contribution in [-0.2, 0) is 4.79 Å². The Morgan fingerprint density at radius 3 is 2.41 bits per heavy atom. The molecule has 150 valence electrons. The lowest BCUT2D eigenvalue weighted by Crippen LogP contribution is -2.33. The number of para-hydroxylation sites is 2. The van der Waals surface area contributed by atoms with Crippen molar-refractivity contribution in [2.75, 3.05) is 42.3 Å². The van der Waals surface area contributed by atoms with Gasteiger partial charge in [-0.3, -0.25) is 9.69 Å². The van der Waals surface area contributed by atoms with E-state index in [4.69, 9.17) is 14.7 Å². The van der Waals surface area contributed by atoms with Crippen LogP contribution in [0.1, 0.15) is 13.3 Å². The normalized spacial score (nSPS) is 13.9. The molecule has 0 atom stereocenters. The summed E-state index contributed by atoms with van der Waals surface area (Å²) in [5.41, 5.74) is 1.65. The van der Waals surface area contributed by atoms with Gasteiger partial charge in [-0.25, -0.2) is 9.97 Å². The molecule has 0 saturated heterocycles. The van der Waals surface area contributed by atoms with Crippen LogP contribution in [0.2, 0.25) is 0 Å². The Bertz CT molecular complexity index is 1010. The van der Waals surface area contributed by atoms with Gasteiger partial charge in [0.25, 0.3) is 0 Å². The van der Waals surface area contributed by atoms with Crippen molar-refractivity contribution in [2.24, 2.45) is 0 Å². The molecule has 0 spiro atoms. The number of carbonyl (C=O) groups is 1. The van der Waals surface area contributed by atoms with E-state index in [1.165, 1.54) is 11.8 Å². The van der Waals surface area contributed by atoms with Gasteiger partial charge in [-0.15, -0.1) is 11.8 Å². The summed E-state index contributed by atoms with van der Waals surface area (Å²) in [5, 5.41) is 0. The molecule has 1 aromatic heterocycles. The number of carbonyl (C=O) groups excluding carboxylic acids is 1. The quantitative estimate of drug-likeness (QED) is 0.595. The van der Waals surface area contributed by atoms with Crippen LogP contribution in [0, 0.1) is 0 Å². The fourth-order valence-electron chi connectivity index (χ4n) is 3.36. The first-order chi connectivity index (χ1) is 14.2. The molecule has 0 radical (unpaired) electrons. The number of anilines is 2. The summed E-state index contributed by atoms with van der Waals surface area (Å²) in [5.74, 6) is 2.66. The highest BCUT2D eigenvalue weighted by Gasteiger charge is 2.26. The minimum atomic E-state index is 0.0463. The van der Waals surface area contributed by atoms with Gasteiger partial charge in [0.15, 0.2) is 11.6 Å². The SMILES string of the molecule is CCOc1ccc(SCC(=O)N2CCCN(C)c3nc4ccccc4nc32)cc1. The van der Waals surface area contributed by atoms with Gasteiger partial charge >= 0.3 is 0 Å². The number of thioether (sulfide) groups is 1. The van der Waals surface area contributed by atoms with Crippen LogP contribution in [-0.4, -0.2) is 48.4 Å². The second-order valence-corrected chi connectivity index (χ2v) is 7.92. The zero-order valence-corrected chi connectivity index (χ0v) is 17.5. The van der Waals surface area contributed by atoms with Crippen molar-refractivity contribution in [3.05, 3.63) is 48.5 Å². The molecule has 3 aromatic rings. The van der Waals surface area contributed by atoms with E-state index in [-0.39, 0.29) is 5.91 Å². The summed E-state index contributed by atoms with van der Waals surface area (Å²) >= 11 is 1.53. The topological polar surface area (TPSA) is 58.6 Å². The summed E-state index contributed by atoms with van der Waals surface area (Å²) in [6, 6.07) is 15.6. The van der Waals surface area contributed by atoms with Crippen molar-refractivity contribution in [2.45, 2.75) is 18.2 Å². The first kappa shape index (κ1) is 19.5. The van der Waals surface area contributed by atoms with Crippen LogP contribution >= 0.6 is 11.8 Å². The Kier molecular flexibility index (Phi) is 5.85. The van der Waals surface area contributed by atoms with Crippen LogP contribution < -0.4 is 14.5 Å². The lowest BCUT2D eigenvalue weighted by Gasteiger charge is -2.22. The first-order valence-corrected chi connectivity index (χ1v) is 10.8. The lowest BCUT2D eigenvalue weighted by molar-refractivity contribution is -0.116. The maximum absolute atomic E-state index is 13.1. The number of hydrogen-bond acceptors (Lipinski definition) is 6. The zero-order chi connectivity index (χ0) is 20.2. The van der Waals surface area contributed by atoms with Crippen molar-refractivity contribution in [3.8, 4) is 5.75 Å². The Morgan fingerprint density at radius 2 is 1.72 bits per heavy atom. The van der Waals surface area contributed by atoms with Crippen LogP contribution in [0.5, 0.6) is 5.75 Å². The lowest BCUT2D eigenvalue weighted by atomic mass is 10.3. The van der Waals surface area contributed by atoms with E-state index in [0.29, 0.717) is 24.7 Å². The van der Waals surface area contributed by atoms with Crippen molar-refractivity contribution >= 4 is 40.3 Å². The number of hydrogen-bond donors (Lipinski definition) is 0. The highest BCUT2D eigenvalue weighted by atomic mass is 32.2. The molecular weight excluding hydrogens is 384 g/mol. The highest BCUT2D eigenvalue weighted by molar-refractivity contribution is 8.00. The number of ether oxygens (including phenoxy) is 1. The molecule has 0 fully saturated rings. The van der Waals surface area contributed by atoms with Crippen molar-refractivity contribution < 1.29 is 9.53 Å². The van der Waals surface area contributed by atoms with Gasteiger partial charge in [-0.2, -0.15) is 0 Å². The van der Waals surface area contributed by atoms with Crippen LogP contribution in [0.25, 0.3) is 11.0 Å². The molecule has 7 heteroatoms.